The van der Waals surface area contributed by atoms with Crippen LogP contribution in [-0.2, 0) is 19.7 Å². The highest BCUT2D eigenvalue weighted by Crippen LogP contribution is 2.43. The number of nitrogens with zero attached hydrogens (tertiary/aromatic N) is 2. The predicted octanol–water partition coefficient (Wildman–Crippen LogP) is 4.44. The van der Waals surface area contributed by atoms with Crippen molar-refractivity contribution in [3.05, 3.63) is 65.5 Å². The largest absolute Gasteiger partial charge is 0.455 e. The van der Waals surface area contributed by atoms with Gasteiger partial charge in [-0.1, -0.05) is 48.7 Å². The van der Waals surface area contributed by atoms with Crippen LogP contribution in [0.4, 0.5) is 10.1 Å². The molecule has 0 aromatic heterocycles. The summed E-state index contributed by atoms with van der Waals surface area (Å²) in [5, 5.41) is 8.93. The molecule has 0 N–H and O–H groups in total. The fraction of sp³-hybridized carbons (Fsp3) is 0.375. The van der Waals surface area contributed by atoms with Crippen LogP contribution in [0.2, 0.25) is 0 Å². The highest BCUT2D eigenvalue weighted by atomic mass is 19.1. The van der Waals surface area contributed by atoms with E-state index < -0.39 is 29.7 Å². The average Bonchev–Trinajstić information content (AvgIpc) is 3.25. The summed E-state index contributed by atoms with van der Waals surface area (Å²) in [4.78, 5) is 27.3. The molecule has 1 saturated carbocycles. The molecule has 0 atom stereocenters. The van der Waals surface area contributed by atoms with E-state index in [4.69, 9.17) is 10.00 Å². The molecule has 0 heterocycles. The number of ether oxygens (including phenoxy) is 1. The monoisotopic (exact) mass is 408 g/mol. The molecule has 0 spiro atoms. The van der Waals surface area contributed by atoms with E-state index >= 15 is 0 Å². The zero-order chi connectivity index (χ0) is 21.6. The number of amides is 1. The Hall–Kier alpha value is -3.20. The molecule has 5 nitrogen and oxygen atoms in total. The number of anilines is 1. The van der Waals surface area contributed by atoms with Crippen molar-refractivity contribution in [3.8, 4) is 6.07 Å². The number of aryl methyl sites for hydroxylation is 1. The SMILES string of the molecule is Cc1ccc(N(CCC#N)C(=O)COC(=O)C2(c3ccccc3F)CCCC2)cc1. The molecule has 0 radical (unpaired) electrons. The second kappa shape index (κ2) is 9.53. The summed E-state index contributed by atoms with van der Waals surface area (Å²) in [5.41, 5.74) is 0.972. The second-order valence-electron chi connectivity index (χ2n) is 7.63. The third kappa shape index (κ3) is 4.51. The third-order valence-corrected chi connectivity index (χ3v) is 5.66. The summed E-state index contributed by atoms with van der Waals surface area (Å²) < 4.78 is 19.9. The maximum atomic E-state index is 14.5. The minimum atomic E-state index is -1.05. The van der Waals surface area contributed by atoms with Crippen LogP contribution < -0.4 is 4.90 Å². The number of hydrogen-bond donors (Lipinski definition) is 0. The van der Waals surface area contributed by atoms with E-state index in [0.717, 1.165) is 18.4 Å². The van der Waals surface area contributed by atoms with E-state index in [9.17, 15) is 14.0 Å². The Morgan fingerprint density at radius 1 is 1.13 bits per heavy atom. The van der Waals surface area contributed by atoms with Crippen LogP contribution in [0, 0.1) is 24.1 Å². The van der Waals surface area contributed by atoms with E-state index in [1.54, 1.807) is 30.3 Å². The molecular formula is C24H25FN2O3. The maximum absolute atomic E-state index is 14.5. The first kappa shape index (κ1) is 21.5. The Kier molecular flexibility index (Phi) is 6.83. The minimum Gasteiger partial charge on any atom is -0.455 e. The number of benzene rings is 2. The van der Waals surface area contributed by atoms with Crippen molar-refractivity contribution in [2.45, 2.75) is 44.4 Å². The molecule has 1 aliphatic rings. The standard InChI is InChI=1S/C24H25FN2O3/c1-18-9-11-19(12-10-18)27(16-6-15-26)22(28)17-30-23(29)24(13-4-5-14-24)20-7-2-3-8-21(20)25/h2-3,7-12H,4-6,13-14,16-17H2,1H3. The van der Waals surface area contributed by atoms with Gasteiger partial charge in [0.25, 0.3) is 5.91 Å². The van der Waals surface area contributed by atoms with Crippen molar-refractivity contribution >= 4 is 17.6 Å². The van der Waals surface area contributed by atoms with Gasteiger partial charge in [0.1, 0.15) is 5.82 Å². The fourth-order valence-electron chi connectivity index (χ4n) is 4.04. The Balaban J connectivity index is 1.75. The van der Waals surface area contributed by atoms with E-state index in [2.05, 4.69) is 0 Å². The Morgan fingerprint density at radius 3 is 2.43 bits per heavy atom. The molecule has 0 bridgehead atoms. The lowest BCUT2D eigenvalue weighted by Crippen LogP contribution is -2.40. The number of hydrogen-bond acceptors (Lipinski definition) is 4. The molecule has 2 aromatic carbocycles. The topological polar surface area (TPSA) is 70.4 Å². The number of carbonyl (C=O) groups excluding carboxylic acids is 2. The molecule has 0 aliphatic heterocycles. The third-order valence-electron chi connectivity index (χ3n) is 5.66. The molecule has 156 valence electrons. The minimum absolute atomic E-state index is 0.159. The van der Waals surface area contributed by atoms with Crippen molar-refractivity contribution in [1.82, 2.24) is 0 Å². The normalized spacial score (nSPS) is 14.7. The van der Waals surface area contributed by atoms with E-state index in [-0.39, 0.29) is 13.0 Å². The summed E-state index contributed by atoms with van der Waals surface area (Å²) in [5.74, 6) is -1.41. The molecule has 6 heteroatoms. The van der Waals surface area contributed by atoms with Crippen LogP contribution in [0.1, 0.15) is 43.2 Å². The summed E-state index contributed by atoms with van der Waals surface area (Å²) in [6.45, 7) is 1.69. The lowest BCUT2D eigenvalue weighted by molar-refractivity contribution is -0.154. The van der Waals surface area contributed by atoms with Crippen LogP contribution in [0.15, 0.2) is 48.5 Å². The lowest BCUT2D eigenvalue weighted by Gasteiger charge is -2.28. The van der Waals surface area contributed by atoms with Gasteiger partial charge in [0.05, 0.1) is 17.9 Å². The van der Waals surface area contributed by atoms with Gasteiger partial charge in [-0.15, -0.1) is 0 Å². The Morgan fingerprint density at radius 2 is 1.80 bits per heavy atom. The highest BCUT2D eigenvalue weighted by molar-refractivity contribution is 5.96. The number of halogens is 1. The van der Waals surface area contributed by atoms with Crippen molar-refractivity contribution in [3.63, 3.8) is 0 Å². The van der Waals surface area contributed by atoms with Crippen LogP contribution in [0.5, 0.6) is 0 Å². The number of carbonyl (C=O) groups is 2. The molecule has 1 fully saturated rings. The molecular weight excluding hydrogens is 383 g/mol. The smallest absolute Gasteiger partial charge is 0.317 e. The van der Waals surface area contributed by atoms with Gasteiger partial charge in [0.15, 0.2) is 6.61 Å². The summed E-state index contributed by atoms with van der Waals surface area (Å²) in [6.07, 6.45) is 2.75. The molecule has 0 saturated heterocycles. The zero-order valence-electron chi connectivity index (χ0n) is 17.1. The van der Waals surface area contributed by atoms with Crippen LogP contribution in [0.3, 0.4) is 0 Å². The predicted molar refractivity (Wildman–Crippen MR) is 111 cm³/mol. The van der Waals surface area contributed by atoms with E-state index in [1.807, 2.05) is 25.1 Å². The molecule has 2 aromatic rings. The molecule has 3 rings (SSSR count). The molecule has 1 aliphatic carbocycles. The van der Waals surface area contributed by atoms with Crippen molar-refractivity contribution < 1.29 is 18.7 Å². The van der Waals surface area contributed by atoms with Crippen molar-refractivity contribution in [1.29, 1.82) is 5.26 Å². The van der Waals surface area contributed by atoms with Gasteiger partial charge in [-0.05, 0) is 38.0 Å². The molecule has 1 amide bonds. The number of rotatable bonds is 7. The maximum Gasteiger partial charge on any atom is 0.317 e. The number of esters is 1. The van der Waals surface area contributed by atoms with E-state index in [1.165, 1.54) is 11.0 Å². The fourth-order valence-corrected chi connectivity index (χ4v) is 4.04. The second-order valence-corrected chi connectivity index (χ2v) is 7.63. The Labute approximate surface area is 176 Å². The average molecular weight is 408 g/mol. The molecule has 0 unspecified atom stereocenters. The summed E-state index contributed by atoms with van der Waals surface area (Å²) in [6, 6.07) is 15.6. The van der Waals surface area contributed by atoms with E-state index in [0.29, 0.717) is 24.1 Å². The first-order valence-corrected chi connectivity index (χ1v) is 10.1. The van der Waals surface area contributed by atoms with Crippen LogP contribution >= 0.6 is 0 Å². The highest BCUT2D eigenvalue weighted by Gasteiger charge is 2.46. The van der Waals surface area contributed by atoms with Gasteiger partial charge in [-0.25, -0.2) is 4.39 Å². The first-order chi connectivity index (χ1) is 14.5. The number of nitriles is 1. The van der Waals surface area contributed by atoms with Gasteiger partial charge in [-0.3, -0.25) is 9.59 Å². The summed E-state index contributed by atoms with van der Waals surface area (Å²) in [7, 11) is 0. The zero-order valence-corrected chi connectivity index (χ0v) is 17.1. The molecule has 30 heavy (non-hydrogen) atoms. The van der Waals surface area contributed by atoms with Gasteiger partial charge >= 0.3 is 5.97 Å². The van der Waals surface area contributed by atoms with Crippen LogP contribution in [-0.4, -0.2) is 25.0 Å². The van der Waals surface area contributed by atoms with Gasteiger partial charge < -0.3 is 9.64 Å². The Bertz CT molecular complexity index is 944. The van der Waals surface area contributed by atoms with Crippen molar-refractivity contribution in [2.24, 2.45) is 0 Å². The van der Waals surface area contributed by atoms with Gasteiger partial charge in [0, 0.05) is 17.8 Å². The first-order valence-electron chi connectivity index (χ1n) is 10.1. The van der Waals surface area contributed by atoms with Crippen LogP contribution in [0.25, 0.3) is 0 Å². The van der Waals surface area contributed by atoms with Gasteiger partial charge in [-0.2, -0.15) is 5.26 Å². The quantitative estimate of drug-likeness (QED) is 0.635. The van der Waals surface area contributed by atoms with Crippen molar-refractivity contribution in [2.75, 3.05) is 18.1 Å². The lowest BCUT2D eigenvalue weighted by atomic mass is 9.78. The summed E-state index contributed by atoms with van der Waals surface area (Å²) >= 11 is 0. The van der Waals surface area contributed by atoms with Gasteiger partial charge in [0.2, 0.25) is 0 Å².